The predicted octanol–water partition coefficient (Wildman–Crippen LogP) is 1.05. The highest BCUT2D eigenvalue weighted by Gasteiger charge is 2.33. The molecule has 0 aliphatic rings. The number of hydrogen-bond donors (Lipinski definition) is 6. The van der Waals surface area contributed by atoms with Crippen molar-refractivity contribution in [2.75, 3.05) is 0 Å². The van der Waals surface area contributed by atoms with Crippen LogP contribution in [0.4, 0.5) is 0 Å². The number of carbonyl (C=O) groups is 5. The number of amides is 3. The Labute approximate surface area is 217 Å². The summed E-state index contributed by atoms with van der Waals surface area (Å²) in [5.41, 5.74) is 6.68. The third-order valence-corrected chi connectivity index (χ3v) is 6.53. The van der Waals surface area contributed by atoms with Crippen molar-refractivity contribution in [2.24, 2.45) is 17.6 Å². The zero-order chi connectivity index (χ0) is 28.1. The van der Waals surface area contributed by atoms with Gasteiger partial charge in [0.25, 0.3) is 0 Å². The fourth-order valence-electron chi connectivity index (χ4n) is 3.58. The second kappa shape index (κ2) is 15.6. The van der Waals surface area contributed by atoms with Crippen molar-refractivity contribution in [3.8, 4) is 0 Å². The normalized spacial score (nSPS) is 15.8. The summed E-state index contributed by atoms with van der Waals surface area (Å²) >= 11 is 0. The third kappa shape index (κ3) is 10.6. The summed E-state index contributed by atoms with van der Waals surface area (Å²) < 4.78 is 0. The third-order valence-electron chi connectivity index (χ3n) is 6.53. The van der Waals surface area contributed by atoms with Crippen LogP contribution in [0.25, 0.3) is 0 Å². The minimum atomic E-state index is -1.24. The summed E-state index contributed by atoms with van der Waals surface area (Å²) in [7, 11) is 0. The van der Waals surface area contributed by atoms with Crippen molar-refractivity contribution in [1.82, 2.24) is 16.0 Å². The minimum Gasteiger partial charge on any atom is -0.481 e. The van der Waals surface area contributed by atoms with E-state index in [0.29, 0.717) is 18.4 Å². The first-order valence-corrected chi connectivity index (χ1v) is 12.6. The number of carboxylic acid groups (broad SMARTS) is 2. The van der Waals surface area contributed by atoms with E-state index in [1.807, 2.05) is 13.8 Å². The van der Waals surface area contributed by atoms with Gasteiger partial charge in [-0.25, -0.2) is 4.79 Å². The maximum atomic E-state index is 13.1. The van der Waals surface area contributed by atoms with E-state index in [9.17, 15) is 29.1 Å². The average molecular weight is 521 g/mol. The van der Waals surface area contributed by atoms with Crippen molar-refractivity contribution in [2.45, 2.75) is 84.0 Å². The molecule has 1 aromatic carbocycles. The fourth-order valence-corrected chi connectivity index (χ4v) is 3.58. The lowest BCUT2D eigenvalue weighted by Gasteiger charge is -2.28. The number of benzene rings is 1. The van der Waals surface area contributed by atoms with Crippen LogP contribution in [0.3, 0.4) is 0 Å². The van der Waals surface area contributed by atoms with Crippen LogP contribution in [0.15, 0.2) is 30.3 Å². The zero-order valence-electron chi connectivity index (χ0n) is 21.9. The van der Waals surface area contributed by atoms with Gasteiger partial charge in [0.05, 0.1) is 6.04 Å². The molecule has 1 rings (SSSR count). The van der Waals surface area contributed by atoms with E-state index in [1.165, 1.54) is 0 Å². The molecule has 7 N–H and O–H groups in total. The van der Waals surface area contributed by atoms with Gasteiger partial charge in [0, 0.05) is 12.8 Å². The molecule has 6 atom stereocenters. The van der Waals surface area contributed by atoms with E-state index >= 15 is 0 Å². The molecule has 1 aromatic rings. The molecule has 0 spiro atoms. The van der Waals surface area contributed by atoms with Gasteiger partial charge < -0.3 is 31.9 Å². The standard InChI is InChI=1S/C26H40N4O7/c1-5-15(3)21(27)24(34)28-18(12-13-20(31)32)23(33)30-22(16(4)6-2)25(35)29-19(26(36)37)14-17-10-8-7-9-11-17/h7-11,15-16,18-19,21-22H,5-6,12-14,27H2,1-4H3,(H,28,34)(H,29,35)(H,30,33)(H,31,32)(H,36,37). The second-order valence-corrected chi connectivity index (χ2v) is 9.37. The Kier molecular flexibility index (Phi) is 13.3. The Morgan fingerprint density at radius 2 is 1.38 bits per heavy atom. The van der Waals surface area contributed by atoms with Crippen LogP contribution in [-0.2, 0) is 30.4 Å². The topological polar surface area (TPSA) is 188 Å². The first-order chi connectivity index (χ1) is 17.4. The average Bonchev–Trinajstić information content (AvgIpc) is 2.87. The maximum absolute atomic E-state index is 13.1. The van der Waals surface area contributed by atoms with Gasteiger partial charge in [-0.2, -0.15) is 0 Å². The Hall–Kier alpha value is -3.47. The fraction of sp³-hybridized carbons (Fsp3) is 0.577. The van der Waals surface area contributed by atoms with Gasteiger partial charge in [-0.3, -0.25) is 19.2 Å². The molecule has 0 aliphatic carbocycles. The van der Waals surface area contributed by atoms with Gasteiger partial charge in [-0.05, 0) is 23.8 Å². The van der Waals surface area contributed by atoms with Crippen LogP contribution >= 0.6 is 0 Å². The number of carboxylic acids is 2. The summed E-state index contributed by atoms with van der Waals surface area (Å²) in [5.74, 6) is -4.96. The van der Waals surface area contributed by atoms with E-state index in [4.69, 9.17) is 10.8 Å². The van der Waals surface area contributed by atoms with E-state index in [2.05, 4.69) is 16.0 Å². The molecular formula is C26H40N4O7. The Balaban J connectivity index is 3.06. The molecule has 3 amide bonds. The van der Waals surface area contributed by atoms with Crippen molar-refractivity contribution in [3.05, 3.63) is 35.9 Å². The molecule has 0 aliphatic heterocycles. The number of aliphatic carboxylic acids is 2. The molecule has 0 fully saturated rings. The second-order valence-electron chi connectivity index (χ2n) is 9.37. The molecular weight excluding hydrogens is 480 g/mol. The summed E-state index contributed by atoms with van der Waals surface area (Å²) in [6, 6.07) is 4.34. The SMILES string of the molecule is CCC(C)C(N)C(=O)NC(CCC(=O)O)C(=O)NC(C(=O)NC(Cc1ccccc1)C(=O)O)C(C)CC. The zero-order valence-corrected chi connectivity index (χ0v) is 21.9. The molecule has 0 bridgehead atoms. The van der Waals surface area contributed by atoms with Crippen LogP contribution in [0.5, 0.6) is 0 Å². The van der Waals surface area contributed by atoms with Gasteiger partial charge in [-0.1, -0.05) is 70.9 Å². The van der Waals surface area contributed by atoms with Gasteiger partial charge in [0.2, 0.25) is 17.7 Å². The van der Waals surface area contributed by atoms with E-state index in [1.54, 1.807) is 44.2 Å². The molecule has 11 heteroatoms. The monoisotopic (exact) mass is 520 g/mol. The lowest BCUT2D eigenvalue weighted by Crippen LogP contribution is -2.59. The number of hydrogen-bond acceptors (Lipinski definition) is 6. The van der Waals surface area contributed by atoms with Crippen LogP contribution in [0.1, 0.15) is 58.9 Å². The quantitative estimate of drug-likeness (QED) is 0.186. The number of nitrogens with two attached hydrogens (primary N) is 1. The van der Waals surface area contributed by atoms with Crippen LogP contribution < -0.4 is 21.7 Å². The lowest BCUT2D eigenvalue weighted by atomic mass is 9.96. The van der Waals surface area contributed by atoms with Crippen LogP contribution in [-0.4, -0.2) is 64.0 Å². The van der Waals surface area contributed by atoms with Crippen molar-refractivity contribution >= 4 is 29.7 Å². The van der Waals surface area contributed by atoms with E-state index in [0.717, 1.165) is 0 Å². The van der Waals surface area contributed by atoms with E-state index < -0.39 is 60.2 Å². The lowest BCUT2D eigenvalue weighted by molar-refractivity contribution is -0.142. The first-order valence-electron chi connectivity index (χ1n) is 12.6. The van der Waals surface area contributed by atoms with Gasteiger partial charge >= 0.3 is 11.9 Å². The number of rotatable bonds is 16. The molecule has 0 saturated carbocycles. The van der Waals surface area contributed by atoms with Crippen molar-refractivity contribution in [3.63, 3.8) is 0 Å². The molecule has 11 nitrogen and oxygen atoms in total. The molecule has 6 unspecified atom stereocenters. The molecule has 0 heterocycles. The highest BCUT2D eigenvalue weighted by atomic mass is 16.4. The summed E-state index contributed by atoms with van der Waals surface area (Å²) in [4.78, 5) is 61.8. The van der Waals surface area contributed by atoms with Crippen LogP contribution in [0.2, 0.25) is 0 Å². The maximum Gasteiger partial charge on any atom is 0.326 e. The van der Waals surface area contributed by atoms with Gasteiger partial charge in [0.1, 0.15) is 18.1 Å². The number of nitrogens with one attached hydrogen (secondary N) is 3. The predicted molar refractivity (Wildman–Crippen MR) is 137 cm³/mol. The van der Waals surface area contributed by atoms with Crippen molar-refractivity contribution < 1.29 is 34.2 Å². The van der Waals surface area contributed by atoms with Gasteiger partial charge in [-0.15, -0.1) is 0 Å². The highest BCUT2D eigenvalue weighted by molar-refractivity contribution is 5.94. The summed E-state index contributed by atoms with van der Waals surface area (Å²) in [6.07, 6.45) is 0.564. The Bertz CT molecular complexity index is 925. The summed E-state index contributed by atoms with van der Waals surface area (Å²) in [6.45, 7) is 7.18. The Morgan fingerprint density at radius 3 is 1.89 bits per heavy atom. The molecule has 0 saturated heterocycles. The highest BCUT2D eigenvalue weighted by Crippen LogP contribution is 2.12. The van der Waals surface area contributed by atoms with E-state index in [-0.39, 0.29) is 24.7 Å². The van der Waals surface area contributed by atoms with Gasteiger partial charge in [0.15, 0.2) is 0 Å². The molecule has 206 valence electrons. The molecule has 0 aromatic heterocycles. The van der Waals surface area contributed by atoms with Crippen LogP contribution in [0, 0.1) is 11.8 Å². The first kappa shape index (κ1) is 31.6. The van der Waals surface area contributed by atoms with Crippen molar-refractivity contribution in [1.29, 1.82) is 0 Å². The number of carbonyl (C=O) groups excluding carboxylic acids is 3. The minimum absolute atomic E-state index is 0.0495. The largest absolute Gasteiger partial charge is 0.481 e. The summed E-state index contributed by atoms with van der Waals surface area (Å²) in [5, 5.41) is 26.4. The molecule has 37 heavy (non-hydrogen) atoms. The molecule has 0 radical (unpaired) electrons. The Morgan fingerprint density at radius 1 is 0.811 bits per heavy atom. The smallest absolute Gasteiger partial charge is 0.326 e.